The molecule has 4 heteroatoms. The molecule has 0 bridgehead atoms. The summed E-state index contributed by atoms with van der Waals surface area (Å²) in [5.74, 6) is 0.404. The molecule has 19 heavy (non-hydrogen) atoms. The average Bonchev–Trinajstić information content (AvgIpc) is 2.41. The molecule has 2 rings (SSSR count). The van der Waals surface area contributed by atoms with E-state index in [0.29, 0.717) is 11.3 Å². The van der Waals surface area contributed by atoms with E-state index in [0.717, 1.165) is 9.26 Å². The van der Waals surface area contributed by atoms with Gasteiger partial charge in [-0.1, -0.05) is 18.2 Å². The number of hydrogen-bond donors (Lipinski definition) is 1. The molecule has 0 aliphatic heterocycles. The van der Waals surface area contributed by atoms with E-state index in [9.17, 15) is 4.79 Å². The lowest BCUT2D eigenvalue weighted by atomic mass is 10.1. The molecule has 1 N–H and O–H groups in total. The van der Waals surface area contributed by atoms with Gasteiger partial charge in [-0.25, -0.2) is 0 Å². The van der Waals surface area contributed by atoms with Crippen LogP contribution in [0.15, 0.2) is 42.5 Å². The van der Waals surface area contributed by atoms with Crippen LogP contribution < -0.4 is 10.1 Å². The third kappa shape index (κ3) is 3.26. The molecule has 3 nitrogen and oxygen atoms in total. The Balaban J connectivity index is 2.26. The van der Waals surface area contributed by atoms with Gasteiger partial charge in [0.15, 0.2) is 0 Å². The number of rotatable bonds is 3. The molecular weight excluding hydrogens is 353 g/mol. The zero-order valence-electron chi connectivity index (χ0n) is 10.7. The van der Waals surface area contributed by atoms with Gasteiger partial charge in [0, 0.05) is 3.57 Å². The first-order chi connectivity index (χ1) is 9.11. The maximum atomic E-state index is 12.2. The SMILES string of the molecule is COc1ccccc1C(=O)Nc1ccc(C)cc1I. The Bertz CT molecular complexity index is 611. The van der Waals surface area contributed by atoms with Crippen molar-refractivity contribution in [1.29, 1.82) is 0 Å². The Morgan fingerprint density at radius 1 is 1.21 bits per heavy atom. The highest BCUT2D eigenvalue weighted by Gasteiger charge is 2.12. The van der Waals surface area contributed by atoms with Crippen molar-refractivity contribution >= 4 is 34.2 Å². The minimum Gasteiger partial charge on any atom is -0.496 e. The minimum atomic E-state index is -0.167. The van der Waals surface area contributed by atoms with Crippen molar-refractivity contribution in [2.24, 2.45) is 0 Å². The molecular formula is C15H14INO2. The highest BCUT2D eigenvalue weighted by molar-refractivity contribution is 14.1. The van der Waals surface area contributed by atoms with Gasteiger partial charge >= 0.3 is 0 Å². The van der Waals surface area contributed by atoms with Crippen molar-refractivity contribution < 1.29 is 9.53 Å². The first kappa shape index (κ1) is 13.9. The summed E-state index contributed by atoms with van der Waals surface area (Å²) >= 11 is 2.21. The molecule has 0 saturated heterocycles. The number of benzene rings is 2. The number of carbonyl (C=O) groups excluding carboxylic acids is 1. The van der Waals surface area contributed by atoms with Crippen LogP contribution in [-0.4, -0.2) is 13.0 Å². The summed E-state index contributed by atoms with van der Waals surface area (Å²) in [4.78, 5) is 12.2. The summed E-state index contributed by atoms with van der Waals surface area (Å²) in [7, 11) is 1.56. The lowest BCUT2D eigenvalue weighted by Gasteiger charge is -2.10. The Morgan fingerprint density at radius 3 is 2.63 bits per heavy atom. The zero-order valence-corrected chi connectivity index (χ0v) is 12.9. The molecule has 1 amide bonds. The van der Waals surface area contributed by atoms with Gasteiger partial charge in [0.1, 0.15) is 5.75 Å². The van der Waals surface area contributed by atoms with Gasteiger partial charge in [-0.05, 0) is 59.3 Å². The number of halogens is 1. The number of nitrogens with one attached hydrogen (secondary N) is 1. The summed E-state index contributed by atoms with van der Waals surface area (Å²) in [6.45, 7) is 2.02. The first-order valence-corrected chi connectivity index (χ1v) is 6.90. The average molecular weight is 367 g/mol. The molecule has 0 aliphatic carbocycles. The molecule has 0 fully saturated rings. The molecule has 0 heterocycles. The lowest BCUT2D eigenvalue weighted by molar-refractivity contribution is 0.102. The number of amides is 1. The second-order valence-electron chi connectivity index (χ2n) is 4.14. The molecule has 0 radical (unpaired) electrons. The zero-order chi connectivity index (χ0) is 13.8. The van der Waals surface area contributed by atoms with Crippen LogP contribution in [0.4, 0.5) is 5.69 Å². The van der Waals surface area contributed by atoms with E-state index in [1.807, 2.05) is 37.3 Å². The van der Waals surface area contributed by atoms with E-state index in [4.69, 9.17) is 4.74 Å². The highest BCUT2D eigenvalue weighted by Crippen LogP contribution is 2.22. The van der Waals surface area contributed by atoms with Gasteiger partial charge in [0.05, 0.1) is 18.4 Å². The Morgan fingerprint density at radius 2 is 1.95 bits per heavy atom. The van der Waals surface area contributed by atoms with Gasteiger partial charge in [-0.15, -0.1) is 0 Å². The topological polar surface area (TPSA) is 38.3 Å². The standard InChI is InChI=1S/C15H14INO2/c1-10-7-8-13(12(16)9-10)17-15(18)11-5-3-4-6-14(11)19-2/h3-9H,1-2H3,(H,17,18). The number of hydrogen-bond acceptors (Lipinski definition) is 2. The third-order valence-corrected chi connectivity index (χ3v) is 3.62. The summed E-state index contributed by atoms with van der Waals surface area (Å²) in [6.07, 6.45) is 0. The van der Waals surface area contributed by atoms with E-state index in [2.05, 4.69) is 27.9 Å². The predicted octanol–water partition coefficient (Wildman–Crippen LogP) is 3.86. The number of carbonyl (C=O) groups is 1. The fourth-order valence-corrected chi connectivity index (χ4v) is 2.55. The third-order valence-electron chi connectivity index (χ3n) is 2.72. The normalized spacial score (nSPS) is 10.1. The van der Waals surface area contributed by atoms with Crippen molar-refractivity contribution in [1.82, 2.24) is 0 Å². The van der Waals surface area contributed by atoms with E-state index in [1.54, 1.807) is 19.2 Å². The quantitative estimate of drug-likeness (QED) is 0.837. The van der Waals surface area contributed by atoms with Crippen LogP contribution in [0.2, 0.25) is 0 Å². The summed E-state index contributed by atoms with van der Waals surface area (Å²) < 4.78 is 6.21. The lowest BCUT2D eigenvalue weighted by Crippen LogP contribution is -2.14. The summed E-state index contributed by atoms with van der Waals surface area (Å²) in [5.41, 5.74) is 2.50. The summed E-state index contributed by atoms with van der Waals surface area (Å²) in [6, 6.07) is 13.1. The van der Waals surface area contributed by atoms with E-state index < -0.39 is 0 Å². The maximum Gasteiger partial charge on any atom is 0.259 e. The molecule has 2 aromatic rings. The molecule has 0 spiro atoms. The monoisotopic (exact) mass is 367 g/mol. The first-order valence-electron chi connectivity index (χ1n) is 5.82. The van der Waals surface area contributed by atoms with Crippen LogP contribution in [-0.2, 0) is 0 Å². The van der Waals surface area contributed by atoms with Crippen LogP contribution in [0.5, 0.6) is 5.75 Å². The molecule has 2 aromatic carbocycles. The van der Waals surface area contributed by atoms with Crippen LogP contribution in [0, 0.1) is 10.5 Å². The second kappa shape index (κ2) is 6.06. The molecule has 0 saturated carbocycles. The number of para-hydroxylation sites is 1. The van der Waals surface area contributed by atoms with Gasteiger partial charge in [-0.2, -0.15) is 0 Å². The molecule has 0 aromatic heterocycles. The smallest absolute Gasteiger partial charge is 0.259 e. The summed E-state index contributed by atoms with van der Waals surface area (Å²) in [5, 5.41) is 2.90. The number of ether oxygens (including phenoxy) is 1. The second-order valence-corrected chi connectivity index (χ2v) is 5.30. The molecule has 0 atom stereocenters. The molecule has 0 aliphatic rings. The number of anilines is 1. The van der Waals surface area contributed by atoms with Crippen LogP contribution in [0.25, 0.3) is 0 Å². The predicted molar refractivity (Wildman–Crippen MR) is 84.8 cm³/mol. The minimum absolute atomic E-state index is 0.167. The van der Waals surface area contributed by atoms with Crippen molar-refractivity contribution in [3.05, 3.63) is 57.2 Å². The van der Waals surface area contributed by atoms with E-state index in [1.165, 1.54) is 5.56 Å². The van der Waals surface area contributed by atoms with Crippen molar-refractivity contribution in [2.45, 2.75) is 6.92 Å². The van der Waals surface area contributed by atoms with Gasteiger partial charge in [-0.3, -0.25) is 4.79 Å². The Labute approximate surface area is 126 Å². The van der Waals surface area contributed by atoms with Crippen LogP contribution in [0.1, 0.15) is 15.9 Å². The largest absolute Gasteiger partial charge is 0.496 e. The highest BCUT2D eigenvalue weighted by atomic mass is 127. The van der Waals surface area contributed by atoms with Gasteiger partial charge in [0.25, 0.3) is 5.91 Å². The Kier molecular flexibility index (Phi) is 4.42. The van der Waals surface area contributed by atoms with Crippen LogP contribution >= 0.6 is 22.6 Å². The van der Waals surface area contributed by atoms with Gasteiger partial charge in [0.2, 0.25) is 0 Å². The number of methoxy groups -OCH3 is 1. The van der Waals surface area contributed by atoms with Crippen molar-refractivity contribution in [2.75, 3.05) is 12.4 Å². The fourth-order valence-electron chi connectivity index (χ4n) is 1.74. The fraction of sp³-hybridized carbons (Fsp3) is 0.133. The molecule has 0 unspecified atom stereocenters. The van der Waals surface area contributed by atoms with Crippen molar-refractivity contribution in [3.8, 4) is 5.75 Å². The molecule has 98 valence electrons. The van der Waals surface area contributed by atoms with E-state index in [-0.39, 0.29) is 5.91 Å². The van der Waals surface area contributed by atoms with E-state index >= 15 is 0 Å². The number of aryl methyl sites for hydroxylation is 1. The van der Waals surface area contributed by atoms with Crippen LogP contribution in [0.3, 0.4) is 0 Å². The van der Waals surface area contributed by atoms with Crippen molar-refractivity contribution in [3.63, 3.8) is 0 Å². The Hall–Kier alpha value is -1.56. The maximum absolute atomic E-state index is 12.2. The van der Waals surface area contributed by atoms with Gasteiger partial charge < -0.3 is 10.1 Å².